The van der Waals surface area contributed by atoms with Crippen LogP contribution in [0.5, 0.6) is 0 Å². The van der Waals surface area contributed by atoms with E-state index in [-0.39, 0.29) is 27.8 Å². The van der Waals surface area contributed by atoms with Crippen molar-refractivity contribution in [2.45, 2.75) is 48.7 Å². The van der Waals surface area contributed by atoms with Crippen LogP contribution in [0, 0.1) is 5.82 Å². The van der Waals surface area contributed by atoms with E-state index in [0.29, 0.717) is 12.3 Å². The lowest BCUT2D eigenvalue weighted by atomic mass is 9.82. The van der Waals surface area contributed by atoms with Crippen molar-refractivity contribution in [2.24, 2.45) is 0 Å². The minimum atomic E-state index is -0.588. The Bertz CT molecular complexity index is 743. The zero-order chi connectivity index (χ0) is 18.9. The van der Waals surface area contributed by atoms with E-state index in [1.54, 1.807) is 29.3 Å². The van der Waals surface area contributed by atoms with Gasteiger partial charge in [0.15, 0.2) is 5.76 Å². The summed E-state index contributed by atoms with van der Waals surface area (Å²) in [5, 5.41) is 3.82. The second kappa shape index (κ2) is 7.54. The van der Waals surface area contributed by atoms with Crippen LogP contribution in [0.4, 0.5) is 9.18 Å². The molecule has 1 amide bonds. The van der Waals surface area contributed by atoms with Crippen LogP contribution in [0.1, 0.15) is 50.5 Å². The molecule has 1 aromatic heterocycles. The van der Waals surface area contributed by atoms with E-state index in [1.165, 1.54) is 12.1 Å². The molecule has 1 fully saturated rings. The lowest BCUT2D eigenvalue weighted by Crippen LogP contribution is -2.47. The van der Waals surface area contributed by atoms with E-state index in [9.17, 15) is 9.18 Å². The summed E-state index contributed by atoms with van der Waals surface area (Å²) >= 11 is 2.40. The maximum absolute atomic E-state index is 13.4. The highest BCUT2D eigenvalue weighted by Crippen LogP contribution is 2.46. The molecule has 1 saturated heterocycles. The molecule has 1 aliphatic rings. The molecule has 1 aliphatic heterocycles. The predicted molar refractivity (Wildman–Crippen MR) is 104 cm³/mol. The molecular weight excluding hydrogens is 450 g/mol. The summed E-state index contributed by atoms with van der Waals surface area (Å²) in [6.45, 7) is 6.09. The molecule has 0 bridgehead atoms. The van der Waals surface area contributed by atoms with Gasteiger partial charge in [-0.15, -0.1) is 0 Å². The zero-order valence-corrected chi connectivity index (χ0v) is 17.1. The average molecular weight is 472 g/mol. The average Bonchev–Trinajstić information content (AvgIpc) is 3.08. The first kappa shape index (κ1) is 19.1. The standard InChI is InChI=1S/C19H22FIN2O3/c1-19(2,3)25-18(24)23-11-9-14(21)16(12-4-6-13(20)7-5-12)17(23)15-8-10-22-26-15/h4-8,10,14,16-17H,9,11H2,1-3H3. The molecule has 2 aromatic rings. The molecule has 0 saturated carbocycles. The van der Waals surface area contributed by atoms with Crippen molar-refractivity contribution in [1.82, 2.24) is 10.1 Å². The number of alkyl halides is 1. The molecule has 2 heterocycles. The molecule has 0 radical (unpaired) electrons. The maximum Gasteiger partial charge on any atom is 0.410 e. The van der Waals surface area contributed by atoms with Crippen molar-refractivity contribution in [1.29, 1.82) is 0 Å². The number of halogens is 2. The van der Waals surface area contributed by atoms with Gasteiger partial charge in [0.05, 0.1) is 6.20 Å². The number of carbonyl (C=O) groups is 1. The molecule has 3 unspecified atom stereocenters. The third kappa shape index (κ3) is 4.19. The van der Waals surface area contributed by atoms with Gasteiger partial charge in [0.25, 0.3) is 0 Å². The Morgan fingerprint density at radius 2 is 2.00 bits per heavy atom. The molecule has 26 heavy (non-hydrogen) atoms. The summed E-state index contributed by atoms with van der Waals surface area (Å²) in [6.07, 6.45) is 2.00. The van der Waals surface area contributed by atoms with E-state index in [1.807, 2.05) is 20.8 Å². The highest BCUT2D eigenvalue weighted by atomic mass is 127. The summed E-state index contributed by atoms with van der Waals surface area (Å²) in [5.74, 6) is 0.270. The minimum Gasteiger partial charge on any atom is -0.444 e. The molecule has 7 heteroatoms. The van der Waals surface area contributed by atoms with Gasteiger partial charge in [-0.2, -0.15) is 0 Å². The summed E-state index contributed by atoms with van der Waals surface area (Å²) in [6, 6.07) is 7.85. The van der Waals surface area contributed by atoms with Crippen molar-refractivity contribution < 1.29 is 18.4 Å². The minimum absolute atomic E-state index is 0.0505. The second-order valence-electron chi connectivity index (χ2n) is 7.42. The number of carbonyl (C=O) groups excluding carboxylic acids is 1. The molecule has 1 aromatic carbocycles. The Labute approximate surface area is 166 Å². The topological polar surface area (TPSA) is 55.6 Å². The number of piperidine rings is 1. The van der Waals surface area contributed by atoms with Crippen LogP contribution in [0.3, 0.4) is 0 Å². The van der Waals surface area contributed by atoms with Crippen molar-refractivity contribution in [3.05, 3.63) is 53.7 Å². The van der Waals surface area contributed by atoms with Crippen LogP contribution in [-0.2, 0) is 4.74 Å². The van der Waals surface area contributed by atoms with E-state index in [0.717, 1.165) is 12.0 Å². The van der Waals surface area contributed by atoms with Crippen molar-refractivity contribution >= 4 is 28.7 Å². The first-order chi connectivity index (χ1) is 12.3. The van der Waals surface area contributed by atoms with Gasteiger partial charge in [0.1, 0.15) is 17.5 Å². The molecule has 0 aliphatic carbocycles. The van der Waals surface area contributed by atoms with Gasteiger partial charge in [-0.3, -0.25) is 4.90 Å². The number of ether oxygens (including phenoxy) is 1. The summed E-state index contributed by atoms with van der Waals surface area (Å²) in [7, 11) is 0. The molecular formula is C19H22FIN2O3. The van der Waals surface area contributed by atoms with Gasteiger partial charge < -0.3 is 9.26 Å². The van der Waals surface area contributed by atoms with Crippen LogP contribution < -0.4 is 0 Å². The molecule has 140 valence electrons. The number of rotatable bonds is 2. The van der Waals surface area contributed by atoms with Crippen molar-refractivity contribution in [2.75, 3.05) is 6.54 Å². The van der Waals surface area contributed by atoms with E-state index in [2.05, 4.69) is 27.7 Å². The summed E-state index contributed by atoms with van der Waals surface area (Å²) in [4.78, 5) is 14.5. The van der Waals surface area contributed by atoms with E-state index < -0.39 is 5.60 Å². The summed E-state index contributed by atoms with van der Waals surface area (Å²) < 4.78 is 24.7. The van der Waals surface area contributed by atoms with Crippen molar-refractivity contribution in [3.63, 3.8) is 0 Å². The van der Waals surface area contributed by atoms with E-state index in [4.69, 9.17) is 9.26 Å². The molecule has 3 rings (SSSR count). The summed E-state index contributed by atoms with van der Waals surface area (Å²) in [5.41, 5.74) is 0.371. The van der Waals surface area contributed by atoms with Crippen LogP contribution in [-0.4, -0.2) is 32.2 Å². The SMILES string of the molecule is CC(C)(C)OC(=O)N1CCC(I)C(c2ccc(F)cc2)C1c1ccno1. The fourth-order valence-electron chi connectivity index (χ4n) is 3.28. The van der Waals surface area contributed by atoms with Crippen LogP contribution in [0.2, 0.25) is 0 Å². The number of hydrogen-bond acceptors (Lipinski definition) is 4. The number of likely N-dealkylation sites (tertiary alicyclic amines) is 1. The van der Waals surface area contributed by atoms with Crippen LogP contribution in [0.15, 0.2) is 41.1 Å². The second-order valence-corrected chi connectivity index (χ2v) is 9.02. The first-order valence-electron chi connectivity index (χ1n) is 8.56. The molecule has 0 spiro atoms. The third-order valence-corrected chi connectivity index (χ3v) is 5.74. The van der Waals surface area contributed by atoms with E-state index >= 15 is 0 Å². The van der Waals surface area contributed by atoms with Gasteiger partial charge in [-0.25, -0.2) is 9.18 Å². The zero-order valence-electron chi connectivity index (χ0n) is 15.0. The predicted octanol–water partition coefficient (Wildman–Crippen LogP) is 5.08. The molecule has 5 nitrogen and oxygen atoms in total. The Hall–Kier alpha value is -1.64. The largest absolute Gasteiger partial charge is 0.444 e. The Kier molecular flexibility index (Phi) is 5.55. The Morgan fingerprint density at radius 3 is 2.58 bits per heavy atom. The normalized spacial score (nSPS) is 23.7. The van der Waals surface area contributed by atoms with Gasteiger partial charge >= 0.3 is 6.09 Å². The van der Waals surface area contributed by atoms with Gasteiger partial charge in [0.2, 0.25) is 0 Å². The highest BCUT2D eigenvalue weighted by molar-refractivity contribution is 14.1. The molecule has 3 atom stereocenters. The smallest absolute Gasteiger partial charge is 0.410 e. The lowest BCUT2D eigenvalue weighted by molar-refractivity contribution is 0.00346. The van der Waals surface area contributed by atoms with Crippen LogP contribution in [0.25, 0.3) is 0 Å². The quantitative estimate of drug-likeness (QED) is 0.452. The number of amides is 1. The van der Waals surface area contributed by atoms with Gasteiger partial charge in [-0.1, -0.05) is 39.9 Å². The van der Waals surface area contributed by atoms with Gasteiger partial charge in [0, 0.05) is 22.5 Å². The van der Waals surface area contributed by atoms with Crippen molar-refractivity contribution in [3.8, 4) is 0 Å². The number of hydrogen-bond donors (Lipinski definition) is 0. The lowest BCUT2D eigenvalue weighted by Gasteiger charge is -2.43. The monoisotopic (exact) mass is 472 g/mol. The first-order valence-corrected chi connectivity index (χ1v) is 9.80. The fraction of sp³-hybridized carbons (Fsp3) is 0.474. The molecule has 0 N–H and O–H groups in total. The fourth-order valence-corrected chi connectivity index (χ4v) is 4.37. The number of aromatic nitrogens is 1. The number of benzene rings is 1. The Morgan fingerprint density at radius 1 is 1.31 bits per heavy atom. The van der Waals surface area contributed by atoms with Crippen LogP contribution >= 0.6 is 22.6 Å². The Balaban J connectivity index is 2.00. The highest BCUT2D eigenvalue weighted by Gasteiger charge is 2.44. The number of nitrogens with zero attached hydrogens (tertiary/aromatic N) is 2. The maximum atomic E-state index is 13.4. The van der Waals surface area contributed by atoms with Gasteiger partial charge in [-0.05, 0) is 44.9 Å². The third-order valence-electron chi connectivity index (χ3n) is 4.34.